The van der Waals surface area contributed by atoms with Crippen LogP contribution in [0.1, 0.15) is 30.9 Å². The van der Waals surface area contributed by atoms with Gasteiger partial charge in [0, 0.05) is 12.1 Å². The van der Waals surface area contributed by atoms with Gasteiger partial charge in [0.1, 0.15) is 11.0 Å². The van der Waals surface area contributed by atoms with Crippen molar-refractivity contribution in [1.82, 2.24) is 4.90 Å². The highest BCUT2D eigenvalue weighted by molar-refractivity contribution is 7.80. The number of carbonyl (C=O) groups is 1. The van der Waals surface area contributed by atoms with E-state index in [0.29, 0.717) is 18.0 Å². The van der Waals surface area contributed by atoms with Gasteiger partial charge < -0.3 is 10.8 Å². The van der Waals surface area contributed by atoms with Crippen LogP contribution in [-0.2, 0) is 11.3 Å². The van der Waals surface area contributed by atoms with Crippen molar-refractivity contribution in [2.24, 2.45) is 5.73 Å². The molecule has 0 saturated carbocycles. The number of hydrogen-bond donors (Lipinski definition) is 2. The number of hydrogen-bond acceptors (Lipinski definition) is 3. The maximum Gasteiger partial charge on any atom is 0.320 e. The van der Waals surface area contributed by atoms with Crippen molar-refractivity contribution in [1.29, 1.82) is 0 Å². The van der Waals surface area contributed by atoms with Crippen LogP contribution in [0.15, 0.2) is 24.3 Å². The first-order valence-electron chi connectivity index (χ1n) is 6.27. The first kappa shape index (κ1) is 15.6. The fourth-order valence-electron chi connectivity index (χ4n) is 2.03. The van der Waals surface area contributed by atoms with E-state index in [2.05, 4.69) is 0 Å². The third-order valence-electron chi connectivity index (χ3n) is 3.02. The lowest BCUT2D eigenvalue weighted by Crippen LogP contribution is -2.37. The van der Waals surface area contributed by atoms with E-state index in [-0.39, 0.29) is 0 Å². The van der Waals surface area contributed by atoms with E-state index in [4.69, 9.17) is 18.0 Å². The number of nitrogens with zero attached hydrogens (tertiary/aromatic N) is 1. The Morgan fingerprint density at radius 3 is 2.74 bits per heavy atom. The summed E-state index contributed by atoms with van der Waals surface area (Å²) in [5.74, 6) is -0.783. The molecule has 5 heteroatoms. The second-order valence-corrected chi connectivity index (χ2v) is 5.06. The minimum absolute atomic E-state index is 0.354. The lowest BCUT2D eigenvalue weighted by Gasteiger charge is -2.24. The summed E-state index contributed by atoms with van der Waals surface area (Å²) in [6.07, 6.45) is 1.48. The molecular weight excluding hydrogens is 260 g/mol. The number of aliphatic carboxylic acids is 1. The Labute approximate surface area is 119 Å². The van der Waals surface area contributed by atoms with E-state index in [9.17, 15) is 9.90 Å². The highest BCUT2D eigenvalue weighted by atomic mass is 32.1. The largest absolute Gasteiger partial charge is 0.480 e. The van der Waals surface area contributed by atoms with Crippen LogP contribution < -0.4 is 5.73 Å². The molecule has 1 aromatic rings. The number of carboxylic acid groups (broad SMARTS) is 1. The Balaban J connectivity index is 2.80. The van der Waals surface area contributed by atoms with E-state index < -0.39 is 12.0 Å². The molecule has 1 rings (SSSR count). The first-order valence-corrected chi connectivity index (χ1v) is 6.68. The summed E-state index contributed by atoms with van der Waals surface area (Å²) in [5, 5.41) is 9.21. The molecule has 1 unspecified atom stereocenters. The number of nitrogens with two attached hydrogens (primary N) is 1. The number of benzene rings is 1. The third kappa shape index (κ3) is 4.61. The summed E-state index contributed by atoms with van der Waals surface area (Å²) in [6, 6.07) is 7.13. The molecule has 1 aromatic carbocycles. The van der Waals surface area contributed by atoms with Gasteiger partial charge in [-0.3, -0.25) is 9.69 Å². The fourth-order valence-corrected chi connectivity index (χ4v) is 2.15. The summed E-state index contributed by atoms with van der Waals surface area (Å²) in [7, 11) is 1.82. The number of likely N-dealkylation sites (N-methyl/N-ethyl adjacent to an activating group) is 1. The summed E-state index contributed by atoms with van der Waals surface area (Å²) in [6.45, 7) is 2.55. The van der Waals surface area contributed by atoms with Crippen LogP contribution in [-0.4, -0.2) is 34.1 Å². The average molecular weight is 280 g/mol. The van der Waals surface area contributed by atoms with Gasteiger partial charge in [-0.25, -0.2) is 0 Å². The third-order valence-corrected chi connectivity index (χ3v) is 3.26. The Kier molecular flexibility index (Phi) is 5.92. The average Bonchev–Trinajstić information content (AvgIpc) is 2.35. The van der Waals surface area contributed by atoms with Crippen LogP contribution in [0, 0.1) is 0 Å². The van der Waals surface area contributed by atoms with Gasteiger partial charge >= 0.3 is 5.97 Å². The van der Waals surface area contributed by atoms with Crippen molar-refractivity contribution in [2.75, 3.05) is 7.05 Å². The maximum atomic E-state index is 11.2. The molecule has 0 aliphatic heterocycles. The normalized spacial score (nSPS) is 12.4. The van der Waals surface area contributed by atoms with E-state index in [0.717, 1.165) is 17.5 Å². The summed E-state index contributed by atoms with van der Waals surface area (Å²) < 4.78 is 0. The maximum absolute atomic E-state index is 11.2. The van der Waals surface area contributed by atoms with E-state index in [1.807, 2.05) is 43.1 Å². The smallest absolute Gasteiger partial charge is 0.320 e. The molecule has 0 saturated heterocycles. The predicted octanol–water partition coefficient (Wildman–Crippen LogP) is 2.01. The van der Waals surface area contributed by atoms with Crippen LogP contribution in [0.5, 0.6) is 0 Å². The van der Waals surface area contributed by atoms with Crippen molar-refractivity contribution < 1.29 is 9.90 Å². The molecule has 0 bridgehead atoms. The molecule has 0 heterocycles. The van der Waals surface area contributed by atoms with Crippen LogP contribution in [0.4, 0.5) is 0 Å². The van der Waals surface area contributed by atoms with Crippen LogP contribution in [0.25, 0.3) is 0 Å². The lowest BCUT2D eigenvalue weighted by atomic mass is 10.1. The van der Waals surface area contributed by atoms with E-state index in [1.165, 1.54) is 0 Å². The van der Waals surface area contributed by atoms with Gasteiger partial charge in [0.25, 0.3) is 0 Å². The first-order chi connectivity index (χ1) is 8.95. The molecule has 19 heavy (non-hydrogen) atoms. The summed E-state index contributed by atoms with van der Waals surface area (Å²) >= 11 is 4.94. The van der Waals surface area contributed by atoms with Gasteiger partial charge in [0.2, 0.25) is 0 Å². The zero-order valence-electron chi connectivity index (χ0n) is 11.3. The van der Waals surface area contributed by atoms with Gasteiger partial charge in [-0.1, -0.05) is 43.8 Å². The second kappa shape index (κ2) is 7.21. The standard InChI is InChI=1S/C14H20N2O2S/c1-3-5-12(14(17)18)16(2)9-10-6-4-7-11(8-10)13(15)19/h4,6-8,12H,3,5,9H2,1-2H3,(H2,15,19)(H,17,18). The van der Waals surface area contributed by atoms with E-state index in [1.54, 1.807) is 0 Å². The molecule has 0 amide bonds. The fraction of sp³-hybridized carbons (Fsp3) is 0.429. The molecule has 1 atom stereocenters. The SMILES string of the molecule is CCCC(C(=O)O)N(C)Cc1cccc(C(N)=S)c1. The topological polar surface area (TPSA) is 66.6 Å². The minimum Gasteiger partial charge on any atom is -0.480 e. The second-order valence-electron chi connectivity index (χ2n) is 4.62. The monoisotopic (exact) mass is 280 g/mol. The van der Waals surface area contributed by atoms with Gasteiger partial charge in [-0.15, -0.1) is 0 Å². The predicted molar refractivity (Wildman–Crippen MR) is 80.1 cm³/mol. The highest BCUT2D eigenvalue weighted by Crippen LogP contribution is 2.12. The Hall–Kier alpha value is -1.46. The zero-order valence-corrected chi connectivity index (χ0v) is 12.1. The molecule has 0 aromatic heterocycles. The Bertz CT molecular complexity index is 463. The number of thiocarbonyl (C=S) groups is 1. The molecule has 0 radical (unpaired) electrons. The lowest BCUT2D eigenvalue weighted by molar-refractivity contribution is -0.143. The van der Waals surface area contributed by atoms with Crippen molar-refractivity contribution >= 4 is 23.2 Å². The van der Waals surface area contributed by atoms with Crippen molar-refractivity contribution in [2.45, 2.75) is 32.4 Å². The zero-order chi connectivity index (χ0) is 14.4. The van der Waals surface area contributed by atoms with Gasteiger partial charge in [0.05, 0.1) is 0 Å². The molecule has 0 aliphatic carbocycles. The van der Waals surface area contributed by atoms with Crippen molar-refractivity contribution in [3.8, 4) is 0 Å². The van der Waals surface area contributed by atoms with Crippen molar-refractivity contribution in [3.05, 3.63) is 35.4 Å². The summed E-state index contributed by atoms with van der Waals surface area (Å²) in [5.41, 5.74) is 7.41. The Morgan fingerprint density at radius 2 is 2.21 bits per heavy atom. The molecule has 104 valence electrons. The van der Waals surface area contributed by atoms with Crippen LogP contribution >= 0.6 is 12.2 Å². The number of rotatable bonds is 7. The van der Waals surface area contributed by atoms with Gasteiger partial charge in [0.15, 0.2) is 0 Å². The van der Waals surface area contributed by atoms with Gasteiger partial charge in [-0.05, 0) is 25.1 Å². The highest BCUT2D eigenvalue weighted by Gasteiger charge is 2.21. The van der Waals surface area contributed by atoms with Crippen molar-refractivity contribution in [3.63, 3.8) is 0 Å². The molecule has 0 aliphatic rings. The van der Waals surface area contributed by atoms with E-state index >= 15 is 0 Å². The summed E-state index contributed by atoms with van der Waals surface area (Å²) in [4.78, 5) is 13.4. The molecule has 0 fully saturated rings. The van der Waals surface area contributed by atoms with Crippen LogP contribution in [0.3, 0.4) is 0 Å². The minimum atomic E-state index is -0.783. The molecule has 0 spiro atoms. The Morgan fingerprint density at radius 1 is 1.53 bits per heavy atom. The van der Waals surface area contributed by atoms with Gasteiger partial charge in [-0.2, -0.15) is 0 Å². The molecule has 3 N–H and O–H groups in total. The quantitative estimate of drug-likeness (QED) is 0.748. The molecular formula is C14H20N2O2S. The molecule has 4 nitrogen and oxygen atoms in total. The number of carboxylic acids is 1. The van der Waals surface area contributed by atoms with Crippen LogP contribution in [0.2, 0.25) is 0 Å².